The summed E-state index contributed by atoms with van der Waals surface area (Å²) in [7, 11) is 9.87. The Morgan fingerprint density at radius 3 is 2.00 bits per heavy atom. The van der Waals surface area contributed by atoms with Crippen LogP contribution < -0.4 is 0 Å². The number of rotatable bonds is 5. The van der Waals surface area contributed by atoms with Crippen LogP contribution in [-0.2, 0) is 20.8 Å². The first-order valence-corrected chi connectivity index (χ1v) is 19.6. The molecular weight excluding hydrogens is 546 g/mol. The van der Waals surface area contributed by atoms with E-state index >= 15 is 0 Å². The molecule has 0 heterocycles. The second-order valence-electron chi connectivity index (χ2n) is 11.7. The van der Waals surface area contributed by atoms with E-state index in [1.165, 1.54) is 37.7 Å². The van der Waals surface area contributed by atoms with E-state index in [-0.39, 0.29) is 12.8 Å². The molecule has 196 valence electrons. The number of allylic oxidation sites excluding steroid dienone is 9. The van der Waals surface area contributed by atoms with Crippen LogP contribution in [0.15, 0.2) is 60.3 Å². The number of fused-ring (bicyclic) bond motifs is 3. The predicted octanol–water partition coefficient (Wildman–Crippen LogP) is 11.0. The van der Waals surface area contributed by atoms with Crippen LogP contribution in [0.1, 0.15) is 80.1 Å². The summed E-state index contributed by atoms with van der Waals surface area (Å²) in [5, 5.41) is 0. The third kappa shape index (κ3) is 7.61. The third-order valence-electron chi connectivity index (χ3n) is 8.87. The van der Waals surface area contributed by atoms with Crippen LogP contribution in [0.25, 0.3) is 0 Å². The van der Waals surface area contributed by atoms with Gasteiger partial charge in [0.15, 0.2) is 0 Å². The summed E-state index contributed by atoms with van der Waals surface area (Å²) in [6, 6.07) is 0. The fraction of sp³-hybridized carbons (Fsp3) is 0.625. The van der Waals surface area contributed by atoms with Crippen molar-refractivity contribution >= 4 is 17.0 Å². The van der Waals surface area contributed by atoms with Gasteiger partial charge in [-0.1, -0.05) is 88.6 Å². The van der Waals surface area contributed by atoms with Crippen molar-refractivity contribution in [2.45, 2.75) is 80.1 Å². The molecule has 2 saturated carbocycles. The zero-order chi connectivity index (χ0) is 25.5. The van der Waals surface area contributed by atoms with Crippen LogP contribution in [-0.4, -0.2) is 0 Å². The van der Waals surface area contributed by atoms with Crippen LogP contribution in [0.3, 0.4) is 0 Å². The number of hydrogen-bond acceptors (Lipinski definition) is 0. The summed E-state index contributed by atoms with van der Waals surface area (Å²) >= 11 is -0.826. The first-order chi connectivity index (χ1) is 16.2. The molecule has 0 N–H and O–H groups in total. The van der Waals surface area contributed by atoms with Crippen molar-refractivity contribution in [3.63, 3.8) is 0 Å². The average molecular weight is 597 g/mol. The van der Waals surface area contributed by atoms with Gasteiger partial charge in [-0.15, -0.1) is 6.58 Å². The Bertz CT molecular complexity index is 778. The van der Waals surface area contributed by atoms with Crippen LogP contribution in [0, 0.1) is 60.7 Å². The van der Waals surface area contributed by atoms with Crippen LogP contribution in [0.2, 0.25) is 0 Å². The Morgan fingerprint density at radius 1 is 0.971 bits per heavy atom. The number of halogens is 2. The summed E-state index contributed by atoms with van der Waals surface area (Å²) < 4.78 is 0. The molecule has 0 aromatic carbocycles. The van der Waals surface area contributed by atoms with Crippen LogP contribution >= 0.6 is 17.0 Å². The molecule has 4 aliphatic carbocycles. The molecule has 0 aromatic heterocycles. The van der Waals surface area contributed by atoms with E-state index in [1.54, 1.807) is 12.5 Å². The van der Waals surface area contributed by atoms with Gasteiger partial charge in [-0.3, -0.25) is 0 Å². The monoisotopic (exact) mass is 594 g/mol. The minimum absolute atomic E-state index is 0. The van der Waals surface area contributed by atoms with Crippen molar-refractivity contribution in [1.82, 2.24) is 0 Å². The summed E-state index contributed by atoms with van der Waals surface area (Å²) in [5.74, 6) is 4.32. The van der Waals surface area contributed by atoms with Gasteiger partial charge in [-0.2, -0.15) is 6.92 Å². The van der Waals surface area contributed by atoms with Gasteiger partial charge in [0.1, 0.15) is 0 Å². The molecule has 0 radical (unpaired) electrons. The van der Waals surface area contributed by atoms with Gasteiger partial charge in [-0.25, -0.2) is 0 Å². The van der Waals surface area contributed by atoms with Crippen molar-refractivity contribution in [3.05, 3.63) is 74.6 Å². The zero-order valence-corrected chi connectivity index (χ0v) is 27.4. The van der Waals surface area contributed by atoms with Gasteiger partial charge in [-0.05, 0) is 84.5 Å². The van der Waals surface area contributed by atoms with Crippen molar-refractivity contribution in [2.24, 2.45) is 46.3 Å². The second-order valence-corrected chi connectivity index (χ2v) is 15.5. The predicted molar refractivity (Wildman–Crippen MR) is 156 cm³/mol. The first-order valence-electron chi connectivity index (χ1n) is 13.2. The topological polar surface area (TPSA) is 0 Å². The van der Waals surface area contributed by atoms with E-state index < -0.39 is 20.8 Å². The maximum absolute atomic E-state index is 4.93. The Labute approximate surface area is 237 Å². The van der Waals surface area contributed by atoms with Gasteiger partial charge < -0.3 is 14.4 Å². The normalized spacial score (nSPS) is 30.5. The second kappa shape index (κ2) is 14.9. The fourth-order valence-corrected chi connectivity index (χ4v) is 7.31. The molecule has 0 spiro atoms. The van der Waals surface area contributed by atoms with E-state index in [0.29, 0.717) is 29.1 Å². The molecule has 6 unspecified atom stereocenters. The molecule has 0 amide bonds. The molecule has 0 aromatic rings. The molecule has 0 nitrogen and oxygen atoms in total. The van der Waals surface area contributed by atoms with Crippen molar-refractivity contribution < 1.29 is 20.8 Å². The average Bonchev–Trinajstić information content (AvgIpc) is 3.45. The van der Waals surface area contributed by atoms with E-state index in [9.17, 15) is 0 Å². The fourth-order valence-electron chi connectivity index (χ4n) is 7.31. The van der Waals surface area contributed by atoms with E-state index in [1.807, 2.05) is 0 Å². The minimum atomic E-state index is -0.826. The van der Waals surface area contributed by atoms with Crippen molar-refractivity contribution in [2.75, 3.05) is 0 Å². The van der Waals surface area contributed by atoms with E-state index in [2.05, 4.69) is 90.7 Å². The molecule has 0 saturated heterocycles. The maximum atomic E-state index is 4.93. The summed E-state index contributed by atoms with van der Waals surface area (Å²) in [5.41, 5.74) is 3.65. The molecule has 0 aliphatic heterocycles. The SMILES string of the molecule is C=CCCC(C)(C1CCCC1)C1C2C=C(C)C=CC2C2C=CC(C(C)(C)C)=CC21.[CH2-]C.[CH3-].[Cl][Zr+2][Cl]. The van der Waals surface area contributed by atoms with Gasteiger partial charge in [0, 0.05) is 0 Å². The van der Waals surface area contributed by atoms with Gasteiger partial charge in [0.05, 0.1) is 0 Å². The molecule has 4 rings (SSSR count). The first kappa shape index (κ1) is 33.2. The summed E-state index contributed by atoms with van der Waals surface area (Å²) in [6.45, 7) is 21.2. The Hall–Kier alpha value is 0.163. The van der Waals surface area contributed by atoms with Crippen LogP contribution in [0.5, 0.6) is 0 Å². The Balaban J connectivity index is 0.000000950. The Morgan fingerprint density at radius 2 is 1.49 bits per heavy atom. The Kier molecular flexibility index (Phi) is 14.2. The van der Waals surface area contributed by atoms with Gasteiger partial charge in [0.25, 0.3) is 0 Å². The van der Waals surface area contributed by atoms with E-state index in [0.717, 1.165) is 18.3 Å². The number of hydrogen-bond donors (Lipinski definition) is 0. The van der Waals surface area contributed by atoms with E-state index in [4.69, 9.17) is 17.0 Å². The molecule has 35 heavy (non-hydrogen) atoms. The summed E-state index contributed by atoms with van der Waals surface area (Å²) in [6.07, 6.45) is 25.7. The van der Waals surface area contributed by atoms with Crippen molar-refractivity contribution in [3.8, 4) is 0 Å². The van der Waals surface area contributed by atoms with Crippen LogP contribution in [0.4, 0.5) is 0 Å². The quantitative estimate of drug-likeness (QED) is 0.219. The molecule has 0 bridgehead atoms. The van der Waals surface area contributed by atoms with Gasteiger partial charge in [0.2, 0.25) is 0 Å². The zero-order valence-electron chi connectivity index (χ0n) is 23.4. The standard InChI is InChI=1S/C29H42.C2H5.CH3.2ClH.Zr/c1-7-8-17-29(6,21-11-9-10-12-21)27-25-18-20(2)13-15-23(25)24-16-14-22(19-26(24)27)28(3,4)5;1-2;;;;/h7,13-16,18-19,21,23-27H,1,8-12,17H2,2-6H3;1H2,2H3;1H3;2*1H;/q;2*-1;;;+4/p-2. The molecular formula is C32H50Cl2Zr. The molecule has 2 fully saturated rings. The molecule has 6 atom stereocenters. The summed E-state index contributed by atoms with van der Waals surface area (Å²) in [4.78, 5) is 0. The van der Waals surface area contributed by atoms with Crippen molar-refractivity contribution in [1.29, 1.82) is 0 Å². The third-order valence-corrected chi connectivity index (χ3v) is 8.87. The molecule has 3 heteroatoms. The van der Waals surface area contributed by atoms with Gasteiger partial charge >= 0.3 is 37.9 Å². The molecule has 4 aliphatic rings.